The van der Waals surface area contributed by atoms with E-state index in [1.54, 1.807) is 26.5 Å². The van der Waals surface area contributed by atoms with Crippen LogP contribution in [-0.2, 0) is 6.54 Å². The van der Waals surface area contributed by atoms with Gasteiger partial charge in [0.2, 0.25) is 0 Å². The highest BCUT2D eigenvalue weighted by atomic mass is 32.2. The average molecular weight is 523 g/mol. The fourth-order valence-electron chi connectivity index (χ4n) is 3.99. The molecule has 0 atom stereocenters. The molecule has 7 nitrogen and oxygen atoms in total. The maximum absolute atomic E-state index is 13.1. The molecule has 3 aromatic carbocycles. The van der Waals surface area contributed by atoms with Gasteiger partial charge < -0.3 is 14.8 Å². The van der Waals surface area contributed by atoms with Crippen molar-refractivity contribution in [1.29, 1.82) is 0 Å². The number of carbonyl (C=O) groups excluding carboxylic acids is 1. The van der Waals surface area contributed by atoms with Crippen LogP contribution in [0.5, 0.6) is 11.5 Å². The summed E-state index contributed by atoms with van der Waals surface area (Å²) < 4.78 is 10.7. The quantitative estimate of drug-likeness (QED) is 0.239. The Hall–Kier alpha value is -4.56. The Labute approximate surface area is 224 Å². The molecule has 2 N–H and O–H groups in total. The van der Waals surface area contributed by atoms with E-state index in [9.17, 15) is 4.79 Å². The van der Waals surface area contributed by atoms with Gasteiger partial charge in [-0.15, -0.1) is 0 Å². The number of benzene rings is 3. The maximum Gasteiger partial charge on any atom is 0.252 e. The molecule has 0 unspecified atom stereocenters. The number of carbonyl (C=O) groups is 1. The zero-order valence-corrected chi connectivity index (χ0v) is 21.8. The van der Waals surface area contributed by atoms with E-state index >= 15 is 0 Å². The monoisotopic (exact) mass is 522 g/mol. The molecule has 1 amide bonds. The van der Waals surface area contributed by atoms with Crippen LogP contribution in [0.1, 0.15) is 27.3 Å². The minimum atomic E-state index is -0.157. The predicted octanol–water partition coefficient (Wildman–Crippen LogP) is 6.23. The maximum atomic E-state index is 13.1. The van der Waals surface area contributed by atoms with E-state index in [4.69, 9.17) is 9.47 Å². The van der Waals surface area contributed by atoms with Crippen molar-refractivity contribution in [1.82, 2.24) is 20.5 Å². The summed E-state index contributed by atoms with van der Waals surface area (Å²) in [5.41, 5.74) is 4.11. The van der Waals surface area contributed by atoms with E-state index in [0.717, 1.165) is 37.6 Å². The zero-order chi connectivity index (χ0) is 26.3. The van der Waals surface area contributed by atoms with Crippen LogP contribution < -0.4 is 14.8 Å². The highest BCUT2D eigenvalue weighted by molar-refractivity contribution is 7.99. The molecule has 0 fully saturated rings. The standard InChI is InChI=1S/C30H26N4O3S/c1-36-22-12-10-20(28(17-22)37-2)19-32-30(35)25-8-3-4-9-29(25)38-23-13-14-24-26(33-34-27(24)18-23)15-11-21-7-5-6-16-31-21/h3-18H,19H2,1-2H3,(H,32,35)(H,33,34)/b15-11+. The van der Waals surface area contributed by atoms with Gasteiger partial charge in [-0.3, -0.25) is 14.9 Å². The number of hydrogen-bond acceptors (Lipinski definition) is 6. The van der Waals surface area contributed by atoms with Crippen molar-refractivity contribution in [2.24, 2.45) is 0 Å². The molecule has 0 aliphatic heterocycles. The molecule has 8 heteroatoms. The lowest BCUT2D eigenvalue weighted by Crippen LogP contribution is -2.23. The van der Waals surface area contributed by atoms with Crippen LogP contribution in [0.2, 0.25) is 0 Å². The summed E-state index contributed by atoms with van der Waals surface area (Å²) >= 11 is 1.53. The summed E-state index contributed by atoms with van der Waals surface area (Å²) in [6.07, 6.45) is 5.65. The normalized spacial score (nSPS) is 11.1. The topological polar surface area (TPSA) is 89.1 Å². The number of fused-ring (bicyclic) bond motifs is 1. The van der Waals surface area contributed by atoms with Gasteiger partial charge in [0.25, 0.3) is 5.91 Å². The molecular formula is C30H26N4O3S. The van der Waals surface area contributed by atoms with Gasteiger partial charge in [-0.2, -0.15) is 5.10 Å². The fraction of sp³-hybridized carbons (Fsp3) is 0.100. The van der Waals surface area contributed by atoms with Gasteiger partial charge in [-0.25, -0.2) is 0 Å². The number of nitrogens with one attached hydrogen (secondary N) is 2. The number of amides is 1. The third-order valence-electron chi connectivity index (χ3n) is 5.96. The van der Waals surface area contributed by atoms with Crippen molar-refractivity contribution >= 4 is 40.7 Å². The summed E-state index contributed by atoms with van der Waals surface area (Å²) in [6, 6.07) is 25.0. The number of ether oxygens (including phenoxy) is 2. The minimum Gasteiger partial charge on any atom is -0.497 e. The van der Waals surface area contributed by atoms with Gasteiger partial charge in [0.15, 0.2) is 0 Å². The Morgan fingerprint density at radius 3 is 2.66 bits per heavy atom. The first kappa shape index (κ1) is 25.1. The summed E-state index contributed by atoms with van der Waals surface area (Å²) in [5.74, 6) is 1.20. The van der Waals surface area contributed by atoms with Crippen LogP contribution in [0.4, 0.5) is 0 Å². The third-order valence-corrected chi connectivity index (χ3v) is 7.02. The first-order chi connectivity index (χ1) is 18.6. The summed E-state index contributed by atoms with van der Waals surface area (Å²) in [7, 11) is 3.21. The van der Waals surface area contributed by atoms with Gasteiger partial charge in [-0.05, 0) is 66.7 Å². The van der Waals surface area contributed by atoms with Crippen LogP contribution in [0, 0.1) is 0 Å². The van der Waals surface area contributed by atoms with E-state index < -0.39 is 0 Å². The van der Waals surface area contributed by atoms with Gasteiger partial charge in [-0.1, -0.05) is 30.0 Å². The molecule has 0 bridgehead atoms. The lowest BCUT2D eigenvalue weighted by Gasteiger charge is -2.13. The molecule has 190 valence electrons. The summed E-state index contributed by atoms with van der Waals surface area (Å²) in [6.45, 7) is 0.333. The number of pyridine rings is 1. The number of methoxy groups -OCH3 is 2. The lowest BCUT2D eigenvalue weighted by molar-refractivity contribution is 0.0947. The number of rotatable bonds is 9. The molecule has 2 heterocycles. The first-order valence-electron chi connectivity index (χ1n) is 12.0. The van der Waals surface area contributed by atoms with Crippen LogP contribution >= 0.6 is 11.8 Å². The Bertz CT molecular complexity index is 1600. The van der Waals surface area contributed by atoms with E-state index in [1.807, 2.05) is 84.9 Å². The second kappa shape index (κ2) is 11.7. The molecule has 0 radical (unpaired) electrons. The number of aromatic amines is 1. The molecule has 0 aliphatic rings. The van der Waals surface area contributed by atoms with Gasteiger partial charge in [0.05, 0.1) is 36.7 Å². The molecular weight excluding hydrogens is 496 g/mol. The van der Waals surface area contributed by atoms with Gasteiger partial charge >= 0.3 is 0 Å². The van der Waals surface area contributed by atoms with Gasteiger partial charge in [0, 0.05) is 39.5 Å². The first-order valence-corrected chi connectivity index (χ1v) is 12.8. The van der Waals surface area contributed by atoms with Crippen molar-refractivity contribution in [2.75, 3.05) is 14.2 Å². The van der Waals surface area contributed by atoms with Crippen molar-refractivity contribution in [2.45, 2.75) is 16.3 Å². The highest BCUT2D eigenvalue weighted by Crippen LogP contribution is 2.33. The van der Waals surface area contributed by atoms with E-state index in [2.05, 4.69) is 20.5 Å². The van der Waals surface area contributed by atoms with E-state index in [-0.39, 0.29) is 5.91 Å². The summed E-state index contributed by atoms with van der Waals surface area (Å²) in [4.78, 5) is 19.3. The molecule has 5 aromatic rings. The molecule has 38 heavy (non-hydrogen) atoms. The second-order valence-electron chi connectivity index (χ2n) is 8.36. The third kappa shape index (κ3) is 5.71. The number of hydrogen-bond donors (Lipinski definition) is 2. The van der Waals surface area contributed by atoms with Crippen LogP contribution in [0.15, 0.2) is 94.9 Å². The van der Waals surface area contributed by atoms with Crippen LogP contribution in [0.25, 0.3) is 23.1 Å². The lowest BCUT2D eigenvalue weighted by atomic mass is 10.1. The van der Waals surface area contributed by atoms with Crippen LogP contribution in [0.3, 0.4) is 0 Å². The SMILES string of the molecule is COc1ccc(CNC(=O)c2ccccc2Sc2ccc3c(/C=C/c4ccccn4)n[nH]c3c2)c(OC)c1. The molecule has 5 rings (SSSR count). The fourth-order valence-corrected chi connectivity index (χ4v) is 4.97. The zero-order valence-electron chi connectivity index (χ0n) is 21.0. The Morgan fingerprint density at radius 2 is 1.84 bits per heavy atom. The molecule has 0 saturated heterocycles. The number of aromatic nitrogens is 3. The molecule has 2 aromatic heterocycles. The average Bonchev–Trinajstić information content (AvgIpc) is 3.37. The molecule has 0 aliphatic carbocycles. The van der Waals surface area contributed by atoms with Crippen molar-refractivity contribution in [3.63, 3.8) is 0 Å². The van der Waals surface area contributed by atoms with Crippen molar-refractivity contribution in [3.05, 3.63) is 108 Å². The predicted molar refractivity (Wildman–Crippen MR) is 151 cm³/mol. The Morgan fingerprint density at radius 1 is 0.974 bits per heavy atom. The Balaban J connectivity index is 1.31. The minimum absolute atomic E-state index is 0.157. The summed E-state index contributed by atoms with van der Waals surface area (Å²) in [5, 5.41) is 11.6. The Kier molecular flexibility index (Phi) is 7.70. The van der Waals surface area contributed by atoms with E-state index in [0.29, 0.717) is 23.6 Å². The van der Waals surface area contributed by atoms with Crippen molar-refractivity contribution < 1.29 is 14.3 Å². The largest absolute Gasteiger partial charge is 0.497 e. The highest BCUT2D eigenvalue weighted by Gasteiger charge is 2.14. The smallest absolute Gasteiger partial charge is 0.252 e. The number of nitrogens with zero attached hydrogens (tertiary/aromatic N) is 2. The molecule has 0 saturated carbocycles. The van der Waals surface area contributed by atoms with Crippen LogP contribution in [-0.4, -0.2) is 35.3 Å². The number of H-pyrrole nitrogens is 1. The van der Waals surface area contributed by atoms with Crippen molar-refractivity contribution in [3.8, 4) is 11.5 Å². The second-order valence-corrected chi connectivity index (χ2v) is 9.48. The van der Waals surface area contributed by atoms with E-state index in [1.165, 1.54) is 11.8 Å². The van der Waals surface area contributed by atoms with Gasteiger partial charge in [0.1, 0.15) is 11.5 Å². The molecule has 0 spiro atoms.